The van der Waals surface area contributed by atoms with Gasteiger partial charge in [0.25, 0.3) is 0 Å². The van der Waals surface area contributed by atoms with Crippen LogP contribution in [0.5, 0.6) is 17.2 Å². The number of fused-ring (bicyclic) bond motifs is 3. The van der Waals surface area contributed by atoms with Crippen LogP contribution in [-0.4, -0.2) is 61.1 Å². The first-order chi connectivity index (χ1) is 28.4. The van der Waals surface area contributed by atoms with Crippen molar-refractivity contribution < 1.29 is 56.8 Å². The van der Waals surface area contributed by atoms with E-state index in [4.69, 9.17) is 41.8 Å². The molecule has 0 unspecified atom stereocenters. The molecule has 2 N–H and O–H groups in total. The number of carbonyl (C=O) groups is 2. The predicted molar refractivity (Wildman–Crippen MR) is 208 cm³/mol. The summed E-state index contributed by atoms with van der Waals surface area (Å²) in [7, 11) is 0. The van der Waals surface area contributed by atoms with Gasteiger partial charge in [-0.15, -0.1) is 0 Å². The van der Waals surface area contributed by atoms with Crippen LogP contribution < -0.4 is 29.4 Å². The second-order valence-corrected chi connectivity index (χ2v) is 15.1. The molecule has 3 aliphatic heterocycles. The number of carboxylic acid groups (broad SMARTS) is 1. The minimum Gasteiger partial charge on any atom is -0.542 e. The number of pyridine rings is 1. The Morgan fingerprint density at radius 1 is 0.949 bits per heavy atom. The van der Waals surface area contributed by atoms with Crippen LogP contribution >= 0.6 is 23.2 Å². The van der Waals surface area contributed by atoms with Crippen molar-refractivity contribution in [2.45, 2.75) is 57.5 Å². The smallest absolute Gasteiger partial charge is 0.408 e. The van der Waals surface area contributed by atoms with Crippen LogP contribution in [0.4, 0.5) is 13.6 Å². The summed E-state index contributed by atoms with van der Waals surface area (Å²) in [5.41, 5.74) is 2.44. The lowest BCUT2D eigenvalue weighted by Crippen LogP contribution is -2.52. The molecule has 3 aromatic carbocycles. The Morgan fingerprint density at radius 3 is 2.34 bits per heavy atom. The lowest BCUT2D eigenvalue weighted by Gasteiger charge is -2.43. The standard InChI is InChI=1S/C43H41Cl2F2N3O9/c1-2-55-37-18-27(11-12-36(37)58-42(46)47)31(20-33-34(44)21-50(54)22-35(33)45)32-19-30(57-40(32)41(51)52)24-56-29-10-6-9-28(17-29)39(26-7-4-3-5-8-26)48-43(53)59-38-23-49-15-13-25(38)14-16-49/h3-12,17-19,21-22,25,31,38-39,42H,2,13-16,20,23-24H2,1H3,(H2-,48,51,52,53,54)/t31-,38-,39-/m0/s1. The third-order valence-electron chi connectivity index (χ3n) is 10.6. The number of rotatable bonds is 16. The molecule has 310 valence electrons. The van der Waals surface area contributed by atoms with Gasteiger partial charge in [-0.25, -0.2) is 4.79 Å². The van der Waals surface area contributed by atoms with Crippen LogP contribution in [0, 0.1) is 5.92 Å². The summed E-state index contributed by atoms with van der Waals surface area (Å²) < 4.78 is 55.4. The van der Waals surface area contributed by atoms with E-state index in [2.05, 4.69) is 15.0 Å². The normalized spacial score (nSPS) is 18.2. The Balaban J connectivity index is 1.16. The van der Waals surface area contributed by atoms with Gasteiger partial charge in [-0.1, -0.05) is 71.7 Å². The maximum atomic E-state index is 13.3. The summed E-state index contributed by atoms with van der Waals surface area (Å²) in [5.74, 6) is -2.38. The monoisotopic (exact) mass is 851 g/mol. The van der Waals surface area contributed by atoms with Crippen LogP contribution in [0.1, 0.15) is 75.9 Å². The van der Waals surface area contributed by atoms with Gasteiger partial charge in [0, 0.05) is 28.3 Å². The highest BCUT2D eigenvalue weighted by atomic mass is 35.5. The number of benzene rings is 3. The zero-order valence-electron chi connectivity index (χ0n) is 31.8. The predicted octanol–water partition coefficient (Wildman–Crippen LogP) is 7.34. The largest absolute Gasteiger partial charge is 0.542 e. The van der Waals surface area contributed by atoms with Crippen molar-refractivity contribution in [3.8, 4) is 17.2 Å². The molecule has 3 aliphatic rings. The zero-order valence-corrected chi connectivity index (χ0v) is 33.3. The van der Waals surface area contributed by atoms with Gasteiger partial charge in [0.15, 0.2) is 17.3 Å². The number of halogens is 4. The number of nitrogens with zero attached hydrogens (tertiary/aromatic N) is 2. The molecule has 2 aromatic heterocycles. The van der Waals surface area contributed by atoms with E-state index in [0.29, 0.717) is 33.1 Å². The molecule has 5 heterocycles. The van der Waals surface area contributed by atoms with Crippen LogP contribution in [0.2, 0.25) is 10.0 Å². The molecule has 1 amide bonds. The summed E-state index contributed by atoms with van der Waals surface area (Å²) in [6.07, 6.45) is 3.71. The molecule has 2 bridgehead atoms. The Kier molecular flexibility index (Phi) is 13.1. The van der Waals surface area contributed by atoms with E-state index in [9.17, 15) is 28.7 Å². The van der Waals surface area contributed by atoms with E-state index >= 15 is 0 Å². The molecule has 8 rings (SSSR count). The average molecular weight is 853 g/mol. The molecule has 5 aromatic rings. The number of alkyl halides is 2. The molecule has 0 aliphatic carbocycles. The molecule has 3 saturated heterocycles. The molecule has 3 fully saturated rings. The molecule has 59 heavy (non-hydrogen) atoms. The number of hydrogen-bond donors (Lipinski definition) is 2. The second kappa shape index (κ2) is 18.6. The summed E-state index contributed by atoms with van der Waals surface area (Å²) in [5, 5.41) is 25.8. The number of nitrogens with one attached hydrogen (secondary N) is 1. The first-order valence-corrected chi connectivity index (χ1v) is 19.8. The highest BCUT2D eigenvalue weighted by molar-refractivity contribution is 6.35. The summed E-state index contributed by atoms with van der Waals surface area (Å²) in [4.78, 5) is 28.3. The SMILES string of the molecule is CCOc1cc([C@H](Cc2c(Cl)c[n+](O)cc2Cl)c2cc(COc3cccc([C@@H](NC(=O)O[C@H]4CN5CCC4CC5)c4ccccc4)c3)oc2C(=O)[O-])ccc1OC(F)F. The maximum Gasteiger partial charge on any atom is 0.408 e. The average Bonchev–Trinajstić information content (AvgIpc) is 3.65. The van der Waals surface area contributed by atoms with Crippen molar-refractivity contribution in [2.24, 2.45) is 5.92 Å². The van der Waals surface area contributed by atoms with E-state index in [1.54, 1.807) is 25.1 Å². The third-order valence-corrected chi connectivity index (χ3v) is 11.2. The van der Waals surface area contributed by atoms with Gasteiger partial charge in [0.05, 0.1) is 12.6 Å². The van der Waals surface area contributed by atoms with Gasteiger partial charge in [-0.05, 0) is 92.2 Å². The number of carbonyl (C=O) groups excluding carboxylic acids is 2. The highest BCUT2D eigenvalue weighted by Gasteiger charge is 2.37. The molecular formula is C43H41Cl2F2N3O9. The Bertz CT molecular complexity index is 2250. The Morgan fingerprint density at radius 2 is 1.68 bits per heavy atom. The van der Waals surface area contributed by atoms with Crippen molar-refractivity contribution in [2.75, 3.05) is 26.2 Å². The number of aromatic nitrogens is 1. The minimum absolute atomic E-state index is 0.00811. The van der Waals surface area contributed by atoms with E-state index in [1.165, 1.54) is 36.7 Å². The van der Waals surface area contributed by atoms with Gasteiger partial charge in [-0.2, -0.15) is 8.78 Å². The van der Waals surface area contributed by atoms with Crippen molar-refractivity contribution in [1.82, 2.24) is 10.2 Å². The summed E-state index contributed by atoms with van der Waals surface area (Å²) in [6.45, 7) is 1.21. The number of ether oxygens (including phenoxy) is 4. The lowest BCUT2D eigenvalue weighted by atomic mass is 9.85. The number of alkyl carbamates (subject to hydrolysis) is 1. The van der Waals surface area contributed by atoms with Gasteiger partial charge in [0.1, 0.15) is 40.2 Å². The van der Waals surface area contributed by atoms with Crippen molar-refractivity contribution >= 4 is 35.3 Å². The number of amides is 1. The quantitative estimate of drug-likeness (QED) is 0.0764. The fourth-order valence-electron chi connectivity index (χ4n) is 7.77. The molecule has 0 saturated carbocycles. The van der Waals surface area contributed by atoms with Gasteiger partial charge >= 0.3 is 12.7 Å². The lowest BCUT2D eigenvalue weighted by molar-refractivity contribution is -0.904. The molecular weight excluding hydrogens is 811 g/mol. The molecule has 12 nitrogen and oxygen atoms in total. The number of carboxylic acids is 1. The van der Waals surface area contributed by atoms with E-state index in [-0.39, 0.29) is 58.6 Å². The van der Waals surface area contributed by atoms with Crippen LogP contribution in [0.25, 0.3) is 0 Å². The Hall–Kier alpha value is -5.57. The topological polar surface area (TPSA) is 147 Å². The van der Waals surface area contributed by atoms with E-state index < -0.39 is 36.4 Å². The second-order valence-electron chi connectivity index (χ2n) is 14.3. The van der Waals surface area contributed by atoms with Gasteiger partial charge in [0.2, 0.25) is 12.4 Å². The van der Waals surface area contributed by atoms with Crippen LogP contribution in [0.15, 0.2) is 95.7 Å². The van der Waals surface area contributed by atoms with Crippen molar-refractivity contribution in [3.63, 3.8) is 0 Å². The first kappa shape index (κ1) is 41.6. The van der Waals surface area contributed by atoms with Crippen LogP contribution in [-0.2, 0) is 17.8 Å². The third kappa shape index (κ3) is 10.0. The highest BCUT2D eigenvalue weighted by Crippen LogP contribution is 2.40. The maximum absolute atomic E-state index is 13.3. The molecule has 3 atom stereocenters. The zero-order chi connectivity index (χ0) is 41.6. The number of furan rings is 1. The minimum atomic E-state index is -3.12. The first-order valence-electron chi connectivity index (χ1n) is 19.1. The fraction of sp³-hybridized carbons (Fsp3) is 0.326. The molecule has 0 radical (unpaired) electrons. The number of aromatic carboxylic acids is 1. The summed E-state index contributed by atoms with van der Waals surface area (Å²) >= 11 is 13.0. The Labute approximate surface area is 348 Å². The molecule has 16 heteroatoms. The van der Waals surface area contributed by atoms with Crippen molar-refractivity contribution in [1.29, 1.82) is 0 Å². The van der Waals surface area contributed by atoms with E-state index in [0.717, 1.165) is 38.0 Å². The number of hydrogen-bond acceptors (Lipinski definition) is 10. The van der Waals surface area contributed by atoms with Crippen LogP contribution in [0.3, 0.4) is 0 Å². The fourth-order valence-corrected chi connectivity index (χ4v) is 8.38. The molecule has 0 spiro atoms. The van der Waals surface area contributed by atoms with E-state index in [1.807, 2.05) is 36.4 Å². The summed E-state index contributed by atoms with van der Waals surface area (Å²) in [6, 6.07) is 21.7. The van der Waals surface area contributed by atoms with Crippen molar-refractivity contribution in [3.05, 3.63) is 141 Å². The van der Waals surface area contributed by atoms with Gasteiger partial charge < -0.3 is 38.6 Å². The number of piperidine rings is 3. The van der Waals surface area contributed by atoms with Gasteiger partial charge in [-0.3, -0.25) is 10.1 Å².